The number of benzene rings is 1. The summed E-state index contributed by atoms with van der Waals surface area (Å²) in [4.78, 5) is 21.3. The first-order valence-electron chi connectivity index (χ1n) is 7.57. The quantitative estimate of drug-likeness (QED) is 0.599. The first-order chi connectivity index (χ1) is 11.3. The SMILES string of the molecule is CCN(CC)C(=O)C(C)Sc1nc(C(F)(F)F)nc2ccccc12. The van der Waals surface area contributed by atoms with Gasteiger partial charge >= 0.3 is 6.18 Å². The minimum absolute atomic E-state index is 0.124. The largest absolute Gasteiger partial charge is 0.451 e. The highest BCUT2D eigenvalue weighted by Crippen LogP contribution is 2.33. The number of thioether (sulfide) groups is 1. The van der Waals surface area contributed by atoms with E-state index in [9.17, 15) is 18.0 Å². The zero-order valence-corrected chi connectivity index (χ0v) is 14.4. The summed E-state index contributed by atoms with van der Waals surface area (Å²) in [6.07, 6.45) is -4.63. The van der Waals surface area contributed by atoms with E-state index in [1.54, 1.807) is 30.0 Å². The molecule has 130 valence electrons. The Balaban J connectivity index is 2.42. The van der Waals surface area contributed by atoms with Gasteiger partial charge < -0.3 is 4.90 Å². The molecule has 0 radical (unpaired) electrons. The van der Waals surface area contributed by atoms with E-state index < -0.39 is 17.3 Å². The molecule has 1 aromatic heterocycles. The molecular weight excluding hydrogens is 339 g/mol. The number of fused-ring (bicyclic) bond motifs is 1. The van der Waals surface area contributed by atoms with Gasteiger partial charge in [-0.3, -0.25) is 4.79 Å². The molecule has 1 atom stereocenters. The number of hydrogen-bond donors (Lipinski definition) is 0. The molecule has 0 saturated carbocycles. The van der Waals surface area contributed by atoms with Gasteiger partial charge in [-0.05, 0) is 26.8 Å². The molecular formula is C16H18F3N3OS. The number of nitrogens with zero attached hydrogens (tertiary/aromatic N) is 3. The van der Waals surface area contributed by atoms with E-state index in [1.807, 2.05) is 13.8 Å². The highest BCUT2D eigenvalue weighted by atomic mass is 32.2. The molecule has 1 aromatic carbocycles. The van der Waals surface area contributed by atoms with Crippen LogP contribution in [-0.4, -0.2) is 39.1 Å². The van der Waals surface area contributed by atoms with Crippen molar-refractivity contribution in [3.05, 3.63) is 30.1 Å². The van der Waals surface area contributed by atoms with Crippen molar-refractivity contribution in [2.75, 3.05) is 13.1 Å². The van der Waals surface area contributed by atoms with Gasteiger partial charge in [0.05, 0.1) is 10.8 Å². The lowest BCUT2D eigenvalue weighted by atomic mass is 10.2. The van der Waals surface area contributed by atoms with Crippen LogP contribution in [-0.2, 0) is 11.0 Å². The molecule has 0 aliphatic heterocycles. The van der Waals surface area contributed by atoms with Gasteiger partial charge in [-0.15, -0.1) is 0 Å². The summed E-state index contributed by atoms with van der Waals surface area (Å²) in [5, 5.41) is 0.139. The van der Waals surface area contributed by atoms with Crippen LogP contribution in [0, 0.1) is 0 Å². The molecule has 1 amide bonds. The fourth-order valence-corrected chi connectivity index (χ4v) is 3.30. The summed E-state index contributed by atoms with van der Waals surface area (Å²) in [6, 6.07) is 6.49. The Morgan fingerprint density at radius 2 is 1.83 bits per heavy atom. The van der Waals surface area contributed by atoms with Crippen molar-refractivity contribution in [2.45, 2.75) is 37.2 Å². The number of amides is 1. The topological polar surface area (TPSA) is 46.1 Å². The maximum Gasteiger partial charge on any atom is 0.451 e. The van der Waals surface area contributed by atoms with E-state index in [-0.39, 0.29) is 16.4 Å². The van der Waals surface area contributed by atoms with Crippen LogP contribution in [0.15, 0.2) is 29.3 Å². The Morgan fingerprint density at radius 3 is 2.42 bits per heavy atom. The van der Waals surface area contributed by atoms with Crippen LogP contribution >= 0.6 is 11.8 Å². The molecule has 2 rings (SSSR count). The summed E-state index contributed by atoms with van der Waals surface area (Å²) >= 11 is 1.03. The molecule has 1 heterocycles. The van der Waals surface area contributed by atoms with E-state index in [0.29, 0.717) is 18.5 Å². The lowest BCUT2D eigenvalue weighted by Crippen LogP contribution is -2.36. The van der Waals surface area contributed by atoms with Gasteiger partial charge in [0.1, 0.15) is 5.03 Å². The van der Waals surface area contributed by atoms with Crippen LogP contribution in [0.5, 0.6) is 0 Å². The van der Waals surface area contributed by atoms with Crippen molar-refractivity contribution >= 4 is 28.6 Å². The number of halogens is 3. The summed E-state index contributed by atoms with van der Waals surface area (Å²) in [7, 11) is 0. The molecule has 0 bridgehead atoms. The molecule has 0 aliphatic carbocycles. The smallest absolute Gasteiger partial charge is 0.342 e. The zero-order chi connectivity index (χ0) is 17.9. The van der Waals surface area contributed by atoms with Crippen LogP contribution < -0.4 is 0 Å². The fraction of sp³-hybridized carbons (Fsp3) is 0.438. The molecule has 0 aliphatic rings. The van der Waals surface area contributed by atoms with Gasteiger partial charge in [-0.2, -0.15) is 13.2 Å². The number of alkyl halides is 3. The van der Waals surface area contributed by atoms with Crippen molar-refractivity contribution in [1.29, 1.82) is 0 Å². The highest BCUT2D eigenvalue weighted by molar-refractivity contribution is 8.00. The lowest BCUT2D eigenvalue weighted by molar-refractivity contribution is -0.145. The van der Waals surface area contributed by atoms with Gasteiger partial charge in [0.15, 0.2) is 0 Å². The van der Waals surface area contributed by atoms with Crippen LogP contribution in [0.4, 0.5) is 13.2 Å². The minimum Gasteiger partial charge on any atom is -0.342 e. The average molecular weight is 357 g/mol. The number of para-hydroxylation sites is 1. The van der Waals surface area contributed by atoms with Crippen molar-refractivity contribution in [1.82, 2.24) is 14.9 Å². The zero-order valence-electron chi connectivity index (χ0n) is 13.6. The number of hydrogen-bond acceptors (Lipinski definition) is 4. The standard InChI is InChI=1S/C16H18F3N3OS/c1-4-22(5-2)14(23)10(3)24-13-11-8-6-7-9-12(11)20-15(21-13)16(17,18)19/h6-10H,4-5H2,1-3H3. The second-order valence-corrected chi connectivity index (χ2v) is 6.47. The first-order valence-corrected chi connectivity index (χ1v) is 8.45. The first kappa shape index (κ1) is 18.5. The molecule has 24 heavy (non-hydrogen) atoms. The Labute approximate surface area is 142 Å². The Morgan fingerprint density at radius 1 is 1.21 bits per heavy atom. The van der Waals surface area contributed by atoms with Crippen molar-refractivity contribution < 1.29 is 18.0 Å². The van der Waals surface area contributed by atoms with Gasteiger partial charge in [0.25, 0.3) is 0 Å². The third-order valence-electron chi connectivity index (χ3n) is 3.53. The molecule has 2 aromatic rings. The minimum atomic E-state index is -4.63. The average Bonchev–Trinajstić information content (AvgIpc) is 2.54. The third-order valence-corrected chi connectivity index (χ3v) is 4.62. The van der Waals surface area contributed by atoms with Gasteiger partial charge in [0, 0.05) is 18.5 Å². The van der Waals surface area contributed by atoms with Crippen LogP contribution in [0.3, 0.4) is 0 Å². The van der Waals surface area contributed by atoms with Crippen molar-refractivity contribution in [2.24, 2.45) is 0 Å². The Kier molecular flexibility index (Phi) is 5.69. The van der Waals surface area contributed by atoms with Crippen LogP contribution in [0.25, 0.3) is 10.9 Å². The van der Waals surface area contributed by atoms with E-state index in [2.05, 4.69) is 9.97 Å². The third kappa shape index (κ3) is 3.98. The molecule has 8 heteroatoms. The molecule has 4 nitrogen and oxygen atoms in total. The molecule has 0 spiro atoms. The monoisotopic (exact) mass is 357 g/mol. The van der Waals surface area contributed by atoms with Crippen LogP contribution in [0.1, 0.15) is 26.6 Å². The Bertz CT molecular complexity index is 732. The van der Waals surface area contributed by atoms with E-state index in [4.69, 9.17) is 0 Å². The number of carbonyl (C=O) groups excluding carboxylic acids is 1. The molecule has 0 fully saturated rings. The molecule has 1 unspecified atom stereocenters. The van der Waals surface area contributed by atoms with E-state index in [0.717, 1.165) is 11.8 Å². The summed E-state index contributed by atoms with van der Waals surface area (Å²) < 4.78 is 39.1. The highest BCUT2D eigenvalue weighted by Gasteiger charge is 2.36. The predicted octanol–water partition coefficient (Wildman–Crippen LogP) is 4.00. The number of rotatable bonds is 5. The fourth-order valence-electron chi connectivity index (χ4n) is 2.27. The normalized spacial score (nSPS) is 13.1. The van der Waals surface area contributed by atoms with Gasteiger partial charge in [0.2, 0.25) is 11.7 Å². The lowest BCUT2D eigenvalue weighted by Gasteiger charge is -2.22. The maximum absolute atomic E-state index is 13.0. The maximum atomic E-state index is 13.0. The second-order valence-electron chi connectivity index (χ2n) is 5.14. The van der Waals surface area contributed by atoms with Crippen molar-refractivity contribution in [3.8, 4) is 0 Å². The number of carbonyl (C=O) groups is 1. The van der Waals surface area contributed by atoms with Crippen LogP contribution in [0.2, 0.25) is 0 Å². The summed E-state index contributed by atoms with van der Waals surface area (Å²) in [5.41, 5.74) is 0.213. The van der Waals surface area contributed by atoms with Gasteiger partial charge in [-0.1, -0.05) is 30.0 Å². The van der Waals surface area contributed by atoms with Crippen molar-refractivity contribution in [3.63, 3.8) is 0 Å². The Hall–Kier alpha value is -1.83. The van der Waals surface area contributed by atoms with E-state index in [1.165, 1.54) is 6.07 Å². The molecule has 0 N–H and O–H groups in total. The predicted molar refractivity (Wildman–Crippen MR) is 87.8 cm³/mol. The summed E-state index contributed by atoms with van der Waals surface area (Å²) in [6.45, 7) is 6.51. The van der Waals surface area contributed by atoms with Gasteiger partial charge in [-0.25, -0.2) is 9.97 Å². The summed E-state index contributed by atoms with van der Waals surface area (Å²) in [5.74, 6) is -1.31. The molecule has 0 saturated heterocycles. The van der Waals surface area contributed by atoms with E-state index >= 15 is 0 Å². The number of aromatic nitrogens is 2. The second kappa shape index (κ2) is 7.38.